The van der Waals surface area contributed by atoms with Crippen LogP contribution in [0.15, 0.2) is 36.4 Å². The summed E-state index contributed by atoms with van der Waals surface area (Å²) in [6.45, 7) is 6.25. The molecular weight excluding hydrogens is 390 g/mol. The molecule has 0 bridgehead atoms. The van der Waals surface area contributed by atoms with Gasteiger partial charge in [0.05, 0.1) is 0 Å². The van der Waals surface area contributed by atoms with Crippen LogP contribution in [0.25, 0.3) is 0 Å². The minimum atomic E-state index is -3.34. The van der Waals surface area contributed by atoms with E-state index in [1.54, 1.807) is 18.4 Å². The molecule has 7 heteroatoms. The van der Waals surface area contributed by atoms with E-state index in [-0.39, 0.29) is 5.41 Å². The van der Waals surface area contributed by atoms with Crippen LogP contribution in [0.4, 0.5) is 0 Å². The molecule has 0 amide bonds. The average Bonchev–Trinajstić information content (AvgIpc) is 3.07. The van der Waals surface area contributed by atoms with Crippen molar-refractivity contribution >= 4 is 21.5 Å². The molecule has 0 atom stereocenters. The highest BCUT2D eigenvalue weighted by Crippen LogP contribution is 2.42. The van der Waals surface area contributed by atoms with Crippen LogP contribution < -0.4 is 0 Å². The summed E-state index contributed by atoms with van der Waals surface area (Å²) in [6, 6.07) is 13.2. The van der Waals surface area contributed by atoms with Crippen molar-refractivity contribution in [1.29, 1.82) is 0 Å². The zero-order chi connectivity index (χ0) is 19.9. The predicted molar refractivity (Wildman–Crippen MR) is 115 cm³/mol. The third-order valence-electron chi connectivity index (χ3n) is 6.15. The molecule has 28 heavy (non-hydrogen) atoms. The number of thiophene rings is 1. The highest BCUT2D eigenvalue weighted by molar-refractivity contribution is 7.86. The van der Waals surface area contributed by atoms with E-state index in [9.17, 15) is 8.42 Å². The van der Waals surface area contributed by atoms with E-state index in [0.717, 1.165) is 32.5 Å². The normalized spacial score (nSPS) is 20.6. The molecule has 0 N–H and O–H groups in total. The van der Waals surface area contributed by atoms with Crippen molar-refractivity contribution in [3.05, 3.63) is 57.3 Å². The van der Waals surface area contributed by atoms with E-state index in [4.69, 9.17) is 0 Å². The molecule has 1 aromatic carbocycles. The van der Waals surface area contributed by atoms with Gasteiger partial charge in [-0.3, -0.25) is 4.90 Å². The molecule has 2 aliphatic rings. The Morgan fingerprint density at radius 3 is 2.46 bits per heavy atom. The highest BCUT2D eigenvalue weighted by atomic mass is 32.2. The average molecular weight is 420 g/mol. The van der Waals surface area contributed by atoms with Crippen LogP contribution in [0.3, 0.4) is 0 Å². The fourth-order valence-electron chi connectivity index (χ4n) is 4.69. The molecule has 2 aliphatic heterocycles. The van der Waals surface area contributed by atoms with Gasteiger partial charge in [0.15, 0.2) is 0 Å². The molecule has 0 aliphatic carbocycles. The van der Waals surface area contributed by atoms with E-state index in [0.29, 0.717) is 13.1 Å². The second-order valence-corrected chi connectivity index (χ2v) is 11.8. The van der Waals surface area contributed by atoms with Gasteiger partial charge in [-0.2, -0.15) is 17.0 Å². The summed E-state index contributed by atoms with van der Waals surface area (Å²) in [4.78, 5) is 5.30. The van der Waals surface area contributed by atoms with Gasteiger partial charge >= 0.3 is 0 Å². The van der Waals surface area contributed by atoms with E-state index >= 15 is 0 Å². The van der Waals surface area contributed by atoms with Crippen LogP contribution >= 0.6 is 11.3 Å². The van der Waals surface area contributed by atoms with Gasteiger partial charge in [-0.15, -0.1) is 11.3 Å². The Bertz CT molecular complexity index is 944. The van der Waals surface area contributed by atoms with Crippen LogP contribution in [-0.2, 0) is 28.7 Å². The van der Waals surface area contributed by atoms with Crippen molar-refractivity contribution in [2.45, 2.75) is 38.3 Å². The Morgan fingerprint density at radius 1 is 1.11 bits per heavy atom. The van der Waals surface area contributed by atoms with Crippen molar-refractivity contribution < 1.29 is 8.42 Å². The zero-order valence-corrected chi connectivity index (χ0v) is 18.5. The van der Waals surface area contributed by atoms with Crippen LogP contribution in [0.2, 0.25) is 0 Å². The fraction of sp³-hybridized carbons (Fsp3) is 0.524. The zero-order valence-electron chi connectivity index (χ0n) is 16.9. The Balaban J connectivity index is 1.59. The maximum Gasteiger partial charge on any atom is 0.281 e. The second-order valence-electron chi connectivity index (χ2n) is 8.28. The number of rotatable bonds is 4. The van der Waals surface area contributed by atoms with Gasteiger partial charge in [-0.1, -0.05) is 24.3 Å². The summed E-state index contributed by atoms with van der Waals surface area (Å²) >= 11 is 1.87. The van der Waals surface area contributed by atoms with Crippen molar-refractivity contribution in [2.75, 3.05) is 33.7 Å². The number of aryl methyl sites for hydroxylation is 1. The summed E-state index contributed by atoms with van der Waals surface area (Å²) in [5.41, 5.74) is 2.86. The van der Waals surface area contributed by atoms with Gasteiger partial charge in [0.25, 0.3) is 10.2 Å². The van der Waals surface area contributed by atoms with Gasteiger partial charge in [0, 0.05) is 62.0 Å². The lowest BCUT2D eigenvalue weighted by Gasteiger charge is -2.48. The van der Waals surface area contributed by atoms with Gasteiger partial charge in [0.1, 0.15) is 0 Å². The van der Waals surface area contributed by atoms with Gasteiger partial charge < -0.3 is 0 Å². The van der Waals surface area contributed by atoms with Gasteiger partial charge in [-0.25, -0.2) is 0 Å². The maximum absolute atomic E-state index is 12.6. The minimum absolute atomic E-state index is 0.0412. The number of fused-ring (bicyclic) bond motifs is 2. The second kappa shape index (κ2) is 7.54. The van der Waals surface area contributed by atoms with Crippen molar-refractivity contribution in [3.63, 3.8) is 0 Å². The number of hydrogen-bond acceptors (Lipinski definition) is 4. The third-order valence-corrected chi connectivity index (χ3v) is 9.08. The number of benzene rings is 1. The lowest BCUT2D eigenvalue weighted by molar-refractivity contribution is 0.121. The largest absolute Gasteiger partial charge is 0.293 e. The van der Waals surface area contributed by atoms with E-state index in [1.807, 2.05) is 11.3 Å². The summed E-state index contributed by atoms with van der Waals surface area (Å²) in [6.07, 6.45) is 1.74. The summed E-state index contributed by atoms with van der Waals surface area (Å²) in [5, 5.41) is 0. The first-order chi connectivity index (χ1) is 13.3. The molecule has 1 aromatic heterocycles. The molecule has 0 saturated carbocycles. The summed E-state index contributed by atoms with van der Waals surface area (Å²) in [7, 11) is -0.114. The topological polar surface area (TPSA) is 43.9 Å². The van der Waals surface area contributed by atoms with Crippen LogP contribution in [-0.4, -0.2) is 55.7 Å². The molecule has 0 unspecified atom stereocenters. The van der Waals surface area contributed by atoms with Crippen LogP contribution in [0.5, 0.6) is 0 Å². The minimum Gasteiger partial charge on any atom is -0.293 e. The van der Waals surface area contributed by atoms with Crippen LogP contribution in [0, 0.1) is 6.92 Å². The van der Waals surface area contributed by atoms with Crippen molar-refractivity contribution in [2.24, 2.45) is 0 Å². The molecular formula is C21H29N3O2S2. The first kappa shape index (κ1) is 20.0. The van der Waals surface area contributed by atoms with E-state index in [1.165, 1.54) is 25.2 Å². The van der Waals surface area contributed by atoms with Crippen LogP contribution in [0.1, 0.15) is 33.7 Å². The fourth-order valence-corrected chi connectivity index (χ4v) is 6.73. The smallest absolute Gasteiger partial charge is 0.281 e. The molecule has 4 rings (SSSR count). The molecule has 1 fully saturated rings. The van der Waals surface area contributed by atoms with E-state index in [2.05, 4.69) is 48.2 Å². The third kappa shape index (κ3) is 3.66. The Kier molecular flexibility index (Phi) is 5.39. The van der Waals surface area contributed by atoms with Gasteiger partial charge in [0.2, 0.25) is 0 Å². The SMILES string of the molecule is Cc1ccc(CN2Cc3ccccc3C3(CCN(S(=O)(=O)N(C)C)CC3)C2)s1. The van der Waals surface area contributed by atoms with Gasteiger partial charge in [-0.05, 0) is 43.0 Å². The Labute approximate surface area is 172 Å². The highest BCUT2D eigenvalue weighted by Gasteiger charge is 2.44. The predicted octanol–water partition coefficient (Wildman–Crippen LogP) is 3.21. The maximum atomic E-state index is 12.6. The first-order valence-electron chi connectivity index (χ1n) is 9.84. The van der Waals surface area contributed by atoms with Crippen molar-refractivity contribution in [1.82, 2.24) is 13.5 Å². The standard InChI is InChI=1S/C21H29N3O2S2/c1-17-8-9-19(27-17)15-23-14-18-6-4-5-7-20(18)21(16-23)10-12-24(13-11-21)28(25,26)22(2)3/h4-9H,10-16H2,1-3H3. The first-order valence-corrected chi connectivity index (χ1v) is 12.1. The van der Waals surface area contributed by atoms with E-state index < -0.39 is 10.2 Å². The summed E-state index contributed by atoms with van der Waals surface area (Å²) < 4.78 is 28.1. The molecule has 152 valence electrons. The quantitative estimate of drug-likeness (QED) is 0.764. The molecule has 0 radical (unpaired) electrons. The monoisotopic (exact) mass is 419 g/mol. The number of piperidine rings is 1. The Hall–Kier alpha value is -1.25. The number of hydrogen-bond donors (Lipinski definition) is 0. The lowest BCUT2D eigenvalue weighted by atomic mass is 9.69. The molecule has 3 heterocycles. The number of nitrogens with zero attached hydrogens (tertiary/aromatic N) is 3. The molecule has 2 aromatic rings. The lowest BCUT2D eigenvalue weighted by Crippen LogP contribution is -2.54. The molecule has 1 spiro atoms. The van der Waals surface area contributed by atoms with Crippen molar-refractivity contribution in [3.8, 4) is 0 Å². The molecule has 1 saturated heterocycles. The summed E-state index contributed by atoms with van der Waals surface area (Å²) in [5.74, 6) is 0. The Morgan fingerprint density at radius 2 is 1.82 bits per heavy atom. The molecule has 5 nitrogen and oxygen atoms in total.